The minimum absolute atomic E-state index is 0.0796. The fourth-order valence-electron chi connectivity index (χ4n) is 2.81. The smallest absolute Gasteiger partial charge is 0.382 e. The van der Waals surface area contributed by atoms with Crippen LogP contribution in [0.3, 0.4) is 0 Å². The number of hydrogen-bond acceptors (Lipinski definition) is 9. The number of ether oxygens (including phenoxy) is 1. The van der Waals surface area contributed by atoms with Gasteiger partial charge in [-0.05, 0) is 6.92 Å². The zero-order valence-corrected chi connectivity index (χ0v) is 12.4. The molecule has 4 rings (SSSR count). The zero-order chi connectivity index (χ0) is 15.5. The van der Waals surface area contributed by atoms with Gasteiger partial charge in [-0.15, -0.1) is 9.05 Å². The Morgan fingerprint density at radius 2 is 2.36 bits per heavy atom. The van der Waals surface area contributed by atoms with Gasteiger partial charge in [-0.25, -0.2) is 9.97 Å². The summed E-state index contributed by atoms with van der Waals surface area (Å²) in [7, 11) is -2.26. The number of nitrogens with two attached hydrogens (primary N) is 1. The molecule has 2 aliphatic heterocycles. The number of fused-ring (bicyclic) bond motifs is 2. The summed E-state index contributed by atoms with van der Waals surface area (Å²) in [6.45, 7) is 1.63. The molecule has 10 nitrogen and oxygen atoms in total. The summed E-state index contributed by atoms with van der Waals surface area (Å²) in [4.78, 5) is 12.2. The fraction of sp³-hybridized carbons (Fsp3) is 0.545. The minimum Gasteiger partial charge on any atom is -0.382 e. The normalized spacial score (nSPS) is 36.6. The van der Waals surface area contributed by atoms with Crippen LogP contribution in [-0.2, 0) is 18.3 Å². The largest absolute Gasteiger partial charge is 0.697 e. The first-order valence-corrected chi connectivity index (χ1v) is 7.66. The first-order valence-electron chi connectivity index (χ1n) is 6.56. The molecule has 2 saturated heterocycles. The zero-order valence-electron chi connectivity index (χ0n) is 11.5. The Bertz CT molecular complexity index is 764. The Kier molecular flexibility index (Phi) is 2.94. The van der Waals surface area contributed by atoms with Crippen molar-refractivity contribution in [3.05, 3.63) is 12.5 Å². The second-order valence-electron chi connectivity index (χ2n) is 5.39. The van der Waals surface area contributed by atoms with Crippen molar-refractivity contribution in [1.82, 2.24) is 19.5 Å². The number of aliphatic hydroxyl groups is 1. The Hall–Kier alpha value is -1.71. The van der Waals surface area contributed by atoms with E-state index >= 15 is 0 Å². The lowest BCUT2D eigenvalue weighted by Gasteiger charge is -2.27. The highest BCUT2D eigenvalue weighted by Crippen LogP contribution is 2.48. The highest BCUT2D eigenvalue weighted by atomic mass is 31.1. The summed E-state index contributed by atoms with van der Waals surface area (Å²) in [6.07, 6.45) is 0.833. The summed E-state index contributed by atoms with van der Waals surface area (Å²) in [5, 5.41) is 10.8. The minimum atomic E-state index is -2.26. The fourth-order valence-corrected chi connectivity index (χ4v) is 3.67. The van der Waals surface area contributed by atoms with Crippen molar-refractivity contribution in [1.29, 1.82) is 0 Å². The van der Waals surface area contributed by atoms with Crippen LogP contribution in [0.1, 0.15) is 13.2 Å². The van der Waals surface area contributed by atoms with Gasteiger partial charge >= 0.3 is 8.25 Å². The summed E-state index contributed by atoms with van der Waals surface area (Å²) >= 11 is 0. The summed E-state index contributed by atoms with van der Waals surface area (Å²) in [5.41, 5.74) is 5.12. The van der Waals surface area contributed by atoms with Gasteiger partial charge in [0.1, 0.15) is 23.8 Å². The molecular weight excluding hydrogens is 313 g/mol. The maximum atomic E-state index is 11.4. The van der Waals surface area contributed by atoms with E-state index in [1.807, 2.05) is 0 Å². The number of imidazole rings is 1. The standard InChI is InChI=1S/C11H13N5O5P/c1-11(17)7-6(3-19-22(18)21-7)20-9(11)16-4-14-5-2-13-10(12)15-8(5)16/h2,4,6-7,9,17H,3H2,1H3,(H2,12,13,15)/q+1/t6-,7-,9-,11-/m1/s1. The van der Waals surface area contributed by atoms with Crippen LogP contribution in [0.5, 0.6) is 0 Å². The van der Waals surface area contributed by atoms with E-state index in [1.54, 1.807) is 11.5 Å². The molecule has 0 radical (unpaired) electrons. The van der Waals surface area contributed by atoms with E-state index in [2.05, 4.69) is 15.0 Å². The number of nitrogen functional groups attached to an aromatic ring is 1. The van der Waals surface area contributed by atoms with Gasteiger partial charge in [0, 0.05) is 4.57 Å². The maximum Gasteiger partial charge on any atom is 0.697 e. The lowest BCUT2D eigenvalue weighted by atomic mass is 9.96. The Labute approximate surface area is 125 Å². The number of hydrogen-bond donors (Lipinski definition) is 2. The Balaban J connectivity index is 1.78. The van der Waals surface area contributed by atoms with Crippen LogP contribution in [0.15, 0.2) is 12.5 Å². The van der Waals surface area contributed by atoms with Crippen LogP contribution in [0.25, 0.3) is 11.2 Å². The highest BCUT2D eigenvalue weighted by Gasteiger charge is 2.61. The van der Waals surface area contributed by atoms with E-state index in [0.29, 0.717) is 11.2 Å². The molecule has 3 N–H and O–H groups in total. The third-order valence-corrected chi connectivity index (χ3v) is 4.61. The molecule has 0 aliphatic carbocycles. The van der Waals surface area contributed by atoms with E-state index in [1.165, 1.54) is 12.5 Å². The van der Waals surface area contributed by atoms with Gasteiger partial charge in [0.2, 0.25) is 5.95 Å². The second kappa shape index (κ2) is 4.64. The average molecular weight is 326 g/mol. The molecule has 0 amide bonds. The molecule has 0 bridgehead atoms. The van der Waals surface area contributed by atoms with Crippen molar-refractivity contribution < 1.29 is 23.5 Å². The third kappa shape index (κ3) is 1.93. The molecule has 11 heteroatoms. The van der Waals surface area contributed by atoms with E-state index in [-0.39, 0.29) is 12.6 Å². The lowest BCUT2D eigenvalue weighted by molar-refractivity contribution is -0.0884. The van der Waals surface area contributed by atoms with Crippen molar-refractivity contribution in [3.63, 3.8) is 0 Å². The maximum absolute atomic E-state index is 11.4. The van der Waals surface area contributed by atoms with Gasteiger partial charge < -0.3 is 15.6 Å². The van der Waals surface area contributed by atoms with Gasteiger partial charge in [-0.3, -0.25) is 4.57 Å². The van der Waals surface area contributed by atoms with Crippen molar-refractivity contribution in [2.24, 2.45) is 0 Å². The van der Waals surface area contributed by atoms with E-state index in [4.69, 9.17) is 19.5 Å². The van der Waals surface area contributed by atoms with Crippen LogP contribution in [0, 0.1) is 0 Å². The van der Waals surface area contributed by atoms with Crippen LogP contribution in [0.4, 0.5) is 5.95 Å². The predicted molar refractivity (Wildman–Crippen MR) is 72.7 cm³/mol. The monoisotopic (exact) mass is 326 g/mol. The number of aromatic nitrogens is 4. The topological polar surface area (TPSA) is 135 Å². The van der Waals surface area contributed by atoms with Gasteiger partial charge in [0.15, 0.2) is 18.0 Å². The average Bonchev–Trinajstić information content (AvgIpc) is 2.98. The second-order valence-corrected chi connectivity index (χ2v) is 6.30. The van der Waals surface area contributed by atoms with Crippen molar-refractivity contribution in [2.45, 2.75) is 31.0 Å². The quantitative estimate of drug-likeness (QED) is 0.701. The molecule has 2 aromatic rings. The molecule has 0 spiro atoms. The SMILES string of the molecule is C[C@@]1(O)[C@@H]2O[P+](=O)OC[C@H]2O[C@H]1n1cnc2cnc(N)nc21. The lowest BCUT2D eigenvalue weighted by Crippen LogP contribution is -2.46. The Morgan fingerprint density at radius 3 is 3.18 bits per heavy atom. The van der Waals surface area contributed by atoms with Crippen molar-refractivity contribution >= 4 is 25.4 Å². The van der Waals surface area contributed by atoms with Crippen LogP contribution in [-0.4, -0.2) is 49.0 Å². The molecule has 2 aliphatic rings. The summed E-state index contributed by atoms with van der Waals surface area (Å²) in [5.74, 6) is 0.0898. The molecular formula is C11H13N5O5P+. The molecule has 1 unspecified atom stereocenters. The predicted octanol–water partition coefficient (Wildman–Crippen LogP) is 0.130. The number of nitrogens with zero attached hydrogens (tertiary/aromatic N) is 4. The van der Waals surface area contributed by atoms with Gasteiger partial charge in [0.05, 0.1) is 12.5 Å². The summed E-state index contributed by atoms with van der Waals surface area (Å²) in [6, 6.07) is 0. The summed E-state index contributed by atoms with van der Waals surface area (Å²) < 4.78 is 28.9. The molecule has 5 atom stereocenters. The molecule has 116 valence electrons. The molecule has 4 heterocycles. The third-order valence-electron chi connectivity index (χ3n) is 3.85. The molecule has 0 aromatic carbocycles. The van der Waals surface area contributed by atoms with Gasteiger partial charge in [0.25, 0.3) is 0 Å². The van der Waals surface area contributed by atoms with Crippen LogP contribution in [0.2, 0.25) is 0 Å². The number of rotatable bonds is 1. The van der Waals surface area contributed by atoms with Crippen molar-refractivity contribution in [2.75, 3.05) is 12.3 Å². The van der Waals surface area contributed by atoms with E-state index in [0.717, 1.165) is 0 Å². The van der Waals surface area contributed by atoms with Crippen LogP contribution >= 0.6 is 8.25 Å². The van der Waals surface area contributed by atoms with E-state index < -0.39 is 32.3 Å². The molecule has 22 heavy (non-hydrogen) atoms. The van der Waals surface area contributed by atoms with E-state index in [9.17, 15) is 9.67 Å². The Morgan fingerprint density at radius 1 is 1.55 bits per heavy atom. The van der Waals surface area contributed by atoms with Crippen molar-refractivity contribution in [3.8, 4) is 0 Å². The number of anilines is 1. The first kappa shape index (κ1) is 13.9. The molecule has 2 aromatic heterocycles. The van der Waals surface area contributed by atoms with Gasteiger partial charge in [-0.1, -0.05) is 0 Å². The first-order chi connectivity index (χ1) is 10.5. The highest BCUT2D eigenvalue weighted by molar-refractivity contribution is 7.33. The van der Waals surface area contributed by atoms with Gasteiger partial charge in [-0.2, -0.15) is 4.98 Å². The molecule has 0 saturated carbocycles. The van der Waals surface area contributed by atoms with Crippen LogP contribution < -0.4 is 5.73 Å². The molecule has 2 fully saturated rings.